The second-order valence-corrected chi connectivity index (χ2v) is 5.31. The second kappa shape index (κ2) is 5.85. The van der Waals surface area contributed by atoms with E-state index >= 15 is 0 Å². The number of hydrogen-bond donors (Lipinski definition) is 2. The van der Waals surface area contributed by atoms with E-state index in [2.05, 4.69) is 17.2 Å². The first-order valence-corrected chi connectivity index (χ1v) is 6.65. The van der Waals surface area contributed by atoms with Gasteiger partial charge in [0.25, 0.3) is 5.91 Å². The number of nitrogens with zero attached hydrogens (tertiary/aromatic N) is 1. The lowest BCUT2D eigenvalue weighted by molar-refractivity contribution is 0.0937. The lowest BCUT2D eigenvalue weighted by Gasteiger charge is -2.26. The van der Waals surface area contributed by atoms with Crippen molar-refractivity contribution in [1.29, 1.82) is 0 Å². The number of carbonyl (C=O) groups excluding carboxylic acids is 1. The fourth-order valence-electron chi connectivity index (χ4n) is 2.40. The molecule has 1 aromatic rings. The van der Waals surface area contributed by atoms with E-state index in [1.165, 1.54) is 31.9 Å². The third kappa shape index (κ3) is 3.45. The average molecular weight is 247 g/mol. The van der Waals surface area contributed by atoms with Crippen LogP contribution in [0.2, 0.25) is 0 Å². The van der Waals surface area contributed by atoms with Crippen molar-refractivity contribution in [3.8, 4) is 0 Å². The van der Waals surface area contributed by atoms with Crippen molar-refractivity contribution in [3.05, 3.63) is 24.0 Å². The lowest BCUT2D eigenvalue weighted by Crippen LogP contribution is -2.31. The summed E-state index contributed by atoms with van der Waals surface area (Å²) < 4.78 is 0. The molecule has 1 heterocycles. The van der Waals surface area contributed by atoms with Crippen molar-refractivity contribution in [2.75, 3.05) is 12.3 Å². The highest BCUT2D eigenvalue weighted by atomic mass is 16.1. The number of nitrogens with two attached hydrogens (primary N) is 1. The van der Waals surface area contributed by atoms with E-state index in [4.69, 9.17) is 5.73 Å². The van der Waals surface area contributed by atoms with Gasteiger partial charge in [-0.05, 0) is 36.8 Å². The molecule has 0 saturated heterocycles. The molecule has 1 amide bonds. The monoisotopic (exact) mass is 247 g/mol. The largest absolute Gasteiger partial charge is 0.397 e. The summed E-state index contributed by atoms with van der Waals surface area (Å²) in [5, 5.41) is 2.96. The number of nitrogens with one attached hydrogen (secondary N) is 1. The van der Waals surface area contributed by atoms with Gasteiger partial charge in [0.2, 0.25) is 0 Å². The molecule has 4 nitrogen and oxygen atoms in total. The average Bonchev–Trinajstić information content (AvgIpc) is 2.38. The van der Waals surface area contributed by atoms with Crippen LogP contribution in [0.5, 0.6) is 0 Å². The smallest absolute Gasteiger partial charge is 0.269 e. The number of nitrogen functional groups attached to an aromatic ring is 1. The molecule has 0 aliphatic heterocycles. The minimum absolute atomic E-state index is 0.103. The maximum atomic E-state index is 11.8. The number of hydrogen-bond acceptors (Lipinski definition) is 3. The molecule has 0 unspecified atom stereocenters. The van der Waals surface area contributed by atoms with Crippen LogP contribution in [-0.4, -0.2) is 17.4 Å². The first-order chi connectivity index (χ1) is 8.65. The van der Waals surface area contributed by atoms with Gasteiger partial charge in [-0.25, -0.2) is 4.98 Å². The van der Waals surface area contributed by atoms with Crippen LogP contribution in [0, 0.1) is 11.8 Å². The lowest BCUT2D eigenvalue weighted by atomic mass is 9.83. The Labute approximate surface area is 108 Å². The maximum absolute atomic E-state index is 11.8. The first-order valence-electron chi connectivity index (χ1n) is 6.65. The number of aromatic nitrogens is 1. The number of rotatable bonds is 3. The summed E-state index contributed by atoms with van der Waals surface area (Å²) >= 11 is 0. The molecule has 4 heteroatoms. The van der Waals surface area contributed by atoms with Crippen LogP contribution < -0.4 is 11.1 Å². The molecule has 18 heavy (non-hydrogen) atoms. The fourth-order valence-corrected chi connectivity index (χ4v) is 2.40. The highest BCUT2D eigenvalue weighted by molar-refractivity contribution is 5.92. The molecule has 0 aromatic carbocycles. The molecule has 2 rings (SSSR count). The van der Waals surface area contributed by atoms with E-state index in [1.807, 2.05) is 0 Å². The summed E-state index contributed by atoms with van der Waals surface area (Å²) in [5.41, 5.74) is 6.55. The first kappa shape index (κ1) is 12.9. The summed E-state index contributed by atoms with van der Waals surface area (Å²) in [7, 11) is 0. The zero-order valence-corrected chi connectivity index (χ0v) is 10.9. The summed E-state index contributed by atoms with van der Waals surface area (Å²) in [6.07, 6.45) is 6.51. The van der Waals surface area contributed by atoms with Crippen LogP contribution in [0.1, 0.15) is 43.1 Å². The normalized spacial score (nSPS) is 23.6. The molecule has 98 valence electrons. The van der Waals surface area contributed by atoms with E-state index in [1.54, 1.807) is 12.1 Å². The summed E-state index contributed by atoms with van der Waals surface area (Å²) in [6.45, 7) is 3.06. The fraction of sp³-hybridized carbons (Fsp3) is 0.571. The van der Waals surface area contributed by atoms with Crippen LogP contribution >= 0.6 is 0 Å². The molecular formula is C14H21N3O. The zero-order valence-electron chi connectivity index (χ0n) is 10.9. The van der Waals surface area contributed by atoms with Gasteiger partial charge < -0.3 is 11.1 Å². The number of carbonyl (C=O) groups is 1. The van der Waals surface area contributed by atoms with Gasteiger partial charge in [0.05, 0.1) is 11.9 Å². The second-order valence-electron chi connectivity index (χ2n) is 5.31. The minimum Gasteiger partial charge on any atom is -0.397 e. The quantitative estimate of drug-likeness (QED) is 0.860. The third-order valence-corrected chi connectivity index (χ3v) is 3.71. The zero-order chi connectivity index (χ0) is 13.0. The van der Waals surface area contributed by atoms with Crippen LogP contribution in [0.15, 0.2) is 18.3 Å². The Morgan fingerprint density at radius 2 is 2.11 bits per heavy atom. The predicted octanol–water partition coefficient (Wildman–Crippen LogP) is 2.22. The molecule has 3 N–H and O–H groups in total. The third-order valence-electron chi connectivity index (χ3n) is 3.71. The molecule has 0 radical (unpaired) electrons. The van der Waals surface area contributed by atoms with Crippen molar-refractivity contribution < 1.29 is 4.79 Å². The molecule has 0 spiro atoms. The summed E-state index contributed by atoms with van der Waals surface area (Å²) in [4.78, 5) is 15.9. The van der Waals surface area contributed by atoms with Gasteiger partial charge in [0, 0.05) is 6.54 Å². The topological polar surface area (TPSA) is 68.0 Å². The van der Waals surface area contributed by atoms with Gasteiger partial charge in [-0.2, -0.15) is 0 Å². The van der Waals surface area contributed by atoms with Crippen molar-refractivity contribution in [1.82, 2.24) is 10.3 Å². The maximum Gasteiger partial charge on any atom is 0.269 e. The Balaban J connectivity index is 1.79. The van der Waals surface area contributed by atoms with Crippen LogP contribution in [0.25, 0.3) is 0 Å². The van der Waals surface area contributed by atoms with E-state index in [-0.39, 0.29) is 5.91 Å². The summed E-state index contributed by atoms with van der Waals surface area (Å²) in [6, 6.07) is 3.36. The van der Waals surface area contributed by atoms with E-state index in [0.29, 0.717) is 17.3 Å². The number of amides is 1. The van der Waals surface area contributed by atoms with Crippen LogP contribution in [0.4, 0.5) is 5.69 Å². The molecule has 1 fully saturated rings. The van der Waals surface area contributed by atoms with Gasteiger partial charge in [0.1, 0.15) is 5.69 Å². The Morgan fingerprint density at radius 3 is 2.72 bits per heavy atom. The molecule has 1 saturated carbocycles. The molecule has 0 atom stereocenters. The van der Waals surface area contributed by atoms with Gasteiger partial charge in [-0.15, -0.1) is 0 Å². The van der Waals surface area contributed by atoms with E-state index in [9.17, 15) is 4.79 Å². The van der Waals surface area contributed by atoms with Gasteiger partial charge in [0.15, 0.2) is 0 Å². The SMILES string of the molecule is CC1CCC(CNC(=O)c2ccc(N)cn2)CC1. The standard InChI is InChI=1S/C14H21N3O/c1-10-2-4-11(5-3-10)8-17-14(18)13-7-6-12(15)9-16-13/h6-7,9-11H,2-5,8,15H2,1H3,(H,17,18). The Kier molecular flexibility index (Phi) is 4.18. The molecule has 1 aliphatic rings. The van der Waals surface area contributed by atoms with Crippen LogP contribution in [0.3, 0.4) is 0 Å². The molecule has 0 bridgehead atoms. The highest BCUT2D eigenvalue weighted by Gasteiger charge is 2.19. The Morgan fingerprint density at radius 1 is 1.39 bits per heavy atom. The van der Waals surface area contributed by atoms with E-state index in [0.717, 1.165) is 12.5 Å². The molecular weight excluding hydrogens is 226 g/mol. The van der Waals surface area contributed by atoms with Gasteiger partial charge in [-0.3, -0.25) is 4.79 Å². The summed E-state index contributed by atoms with van der Waals surface area (Å²) in [5.74, 6) is 1.36. The minimum atomic E-state index is -0.103. The molecule has 1 aromatic heterocycles. The Bertz CT molecular complexity index is 394. The van der Waals surface area contributed by atoms with Crippen molar-refractivity contribution in [3.63, 3.8) is 0 Å². The van der Waals surface area contributed by atoms with Crippen molar-refractivity contribution in [2.24, 2.45) is 11.8 Å². The van der Waals surface area contributed by atoms with Crippen LogP contribution in [-0.2, 0) is 0 Å². The van der Waals surface area contributed by atoms with Crippen molar-refractivity contribution >= 4 is 11.6 Å². The molecule has 1 aliphatic carbocycles. The number of pyridine rings is 1. The van der Waals surface area contributed by atoms with Gasteiger partial charge in [-0.1, -0.05) is 19.8 Å². The predicted molar refractivity (Wildman–Crippen MR) is 72.1 cm³/mol. The van der Waals surface area contributed by atoms with Crippen molar-refractivity contribution in [2.45, 2.75) is 32.6 Å². The van der Waals surface area contributed by atoms with E-state index < -0.39 is 0 Å². The number of anilines is 1. The van der Waals surface area contributed by atoms with Gasteiger partial charge >= 0.3 is 0 Å². The highest BCUT2D eigenvalue weighted by Crippen LogP contribution is 2.27. The Hall–Kier alpha value is -1.58.